The van der Waals surface area contributed by atoms with Crippen LogP contribution in [-0.4, -0.2) is 21.3 Å². The molecule has 0 N–H and O–H groups in total. The Balaban J connectivity index is 1.22. The average molecular weight is 733 g/mol. The topological polar surface area (TPSA) is 27.7 Å². The molecule has 57 heavy (non-hydrogen) atoms. The van der Waals surface area contributed by atoms with Crippen molar-refractivity contribution >= 4 is 64.6 Å². The van der Waals surface area contributed by atoms with Crippen molar-refractivity contribution in [2.24, 2.45) is 0 Å². The summed E-state index contributed by atoms with van der Waals surface area (Å²) < 4.78 is 21.0. The Hall–Kier alpha value is -6.36. The van der Waals surface area contributed by atoms with Gasteiger partial charge in [0.2, 0.25) is 0 Å². The normalized spacial score (nSPS) is 21.3. The van der Waals surface area contributed by atoms with Crippen molar-refractivity contribution in [3.63, 3.8) is 0 Å². The number of hydrogen-bond donors (Lipinski definition) is 0. The lowest BCUT2D eigenvalue weighted by molar-refractivity contribution is 0.0610. The highest BCUT2D eigenvalue weighted by Crippen LogP contribution is 2.66. The Morgan fingerprint density at radius 1 is 0.263 bits per heavy atom. The van der Waals surface area contributed by atoms with Crippen LogP contribution >= 0.6 is 0 Å². The second-order valence-electron chi connectivity index (χ2n) is 16.1. The van der Waals surface area contributed by atoms with Crippen LogP contribution in [0.1, 0.15) is 50.1 Å². The molecular formula is C54H36O3. The fourth-order valence-electron chi connectivity index (χ4n) is 11.7. The lowest BCUT2D eigenvalue weighted by Gasteiger charge is -2.34. The molecule has 0 radical (unpaired) electrons. The summed E-state index contributed by atoms with van der Waals surface area (Å²) in [4.78, 5) is 0. The lowest BCUT2D eigenvalue weighted by Crippen LogP contribution is -2.31. The molecule has 0 spiro atoms. The van der Waals surface area contributed by atoms with Crippen LogP contribution in [0.4, 0.5) is 0 Å². The van der Waals surface area contributed by atoms with Gasteiger partial charge in [0.05, 0.1) is 0 Å². The van der Waals surface area contributed by atoms with E-state index in [2.05, 4.69) is 164 Å². The Labute approximate surface area is 329 Å². The van der Waals surface area contributed by atoms with Gasteiger partial charge in [-0.05, 0) is 99.5 Å². The van der Waals surface area contributed by atoms with Gasteiger partial charge in [-0.1, -0.05) is 146 Å². The third-order valence-electron chi connectivity index (χ3n) is 14.0. The van der Waals surface area contributed by atoms with Crippen molar-refractivity contribution in [2.45, 2.75) is 16.8 Å². The van der Waals surface area contributed by atoms with Gasteiger partial charge in [-0.3, -0.25) is 0 Å². The zero-order chi connectivity index (χ0) is 37.8. The highest BCUT2D eigenvalue weighted by molar-refractivity contribution is 6.35. The third kappa shape index (κ3) is 3.49. The smallest absolute Gasteiger partial charge is 0.144 e. The quantitative estimate of drug-likeness (QED) is 0.159. The van der Waals surface area contributed by atoms with Gasteiger partial charge in [-0.25, -0.2) is 0 Å². The Kier molecular flexibility index (Phi) is 5.98. The number of ether oxygens (including phenoxy) is 3. The summed E-state index contributed by atoms with van der Waals surface area (Å²) in [5, 5.41) is 14.6. The molecule has 0 aliphatic heterocycles. The molecule has 3 heteroatoms. The minimum Gasteiger partial charge on any atom is -0.364 e. The van der Waals surface area contributed by atoms with Crippen LogP contribution in [0, 0.1) is 0 Å². The van der Waals surface area contributed by atoms with Gasteiger partial charge in [-0.2, -0.15) is 0 Å². The summed E-state index contributed by atoms with van der Waals surface area (Å²) in [5.74, 6) is 0. The van der Waals surface area contributed by atoms with Crippen LogP contribution in [0.25, 0.3) is 64.6 Å². The van der Waals surface area contributed by atoms with Gasteiger partial charge in [0, 0.05) is 54.7 Å². The summed E-state index contributed by atoms with van der Waals surface area (Å²) >= 11 is 0. The summed E-state index contributed by atoms with van der Waals surface area (Å²) in [7, 11) is 5.62. The fraction of sp³-hybridized carbons (Fsp3) is 0.111. The van der Waals surface area contributed by atoms with Crippen molar-refractivity contribution < 1.29 is 14.2 Å². The lowest BCUT2D eigenvalue weighted by atomic mass is 9.80. The van der Waals surface area contributed by atoms with Gasteiger partial charge in [0.15, 0.2) is 0 Å². The Morgan fingerprint density at radius 2 is 0.491 bits per heavy atom. The van der Waals surface area contributed by atoms with E-state index >= 15 is 0 Å². The second kappa shape index (κ2) is 10.7. The molecule has 0 fully saturated rings. The van der Waals surface area contributed by atoms with Gasteiger partial charge >= 0.3 is 0 Å². The maximum atomic E-state index is 7.00. The summed E-state index contributed by atoms with van der Waals surface area (Å²) in [6, 6.07) is 60.2. The first-order valence-corrected chi connectivity index (χ1v) is 19.8. The molecule has 0 atom stereocenters. The third-order valence-corrected chi connectivity index (χ3v) is 14.0. The molecule has 270 valence electrons. The molecule has 3 aliphatic rings. The minimum atomic E-state index is -0.844. The molecule has 3 nitrogen and oxygen atoms in total. The molecule has 0 heterocycles. The molecule has 0 saturated carbocycles. The Morgan fingerprint density at radius 3 is 0.719 bits per heavy atom. The SMILES string of the molecule is COC1(c2ccc3ccccc3c2)c2ccc3c4c2c2c1ccc1c2c2c(ccc(c42)C3(OC)c2ccc3ccccc3c2)C1(OC)c1ccc2ccccc2c1. The first-order valence-electron chi connectivity index (χ1n) is 19.8. The summed E-state index contributed by atoms with van der Waals surface area (Å²) in [6.07, 6.45) is 0. The van der Waals surface area contributed by atoms with Crippen LogP contribution in [0.3, 0.4) is 0 Å². The standard InChI is InChI=1S/C54H36O3/c1-55-52(37-19-16-31-10-4-7-13-34(31)28-37)40-22-24-42-48-46(40)47-41(52)23-25-43-49(47)51-45(54(43,57-3)39-21-18-33-12-6-9-15-36(33)30-39)27-26-44(50(48)51)53(42,56-2)38-20-17-32-11-5-8-14-35(32)29-38/h4-30H,1-3H3. The largest absolute Gasteiger partial charge is 0.364 e. The molecule has 0 bridgehead atoms. The number of fused-ring (bicyclic) bond motifs is 3. The highest BCUT2D eigenvalue weighted by Gasteiger charge is 2.55. The number of benzene rings is 10. The maximum absolute atomic E-state index is 7.00. The van der Waals surface area contributed by atoms with Gasteiger partial charge in [0.25, 0.3) is 0 Å². The fourth-order valence-corrected chi connectivity index (χ4v) is 11.7. The van der Waals surface area contributed by atoms with E-state index in [4.69, 9.17) is 14.2 Å². The summed E-state index contributed by atoms with van der Waals surface area (Å²) in [5.41, 5.74) is 7.79. The van der Waals surface area contributed by atoms with E-state index < -0.39 is 16.8 Å². The van der Waals surface area contributed by atoms with E-state index in [1.54, 1.807) is 0 Å². The van der Waals surface area contributed by atoms with Crippen molar-refractivity contribution in [2.75, 3.05) is 21.3 Å². The molecule has 13 rings (SSSR count). The van der Waals surface area contributed by atoms with Gasteiger partial charge < -0.3 is 14.2 Å². The predicted molar refractivity (Wildman–Crippen MR) is 231 cm³/mol. The predicted octanol–water partition coefficient (Wildman–Crippen LogP) is 12.4. The monoisotopic (exact) mass is 732 g/mol. The van der Waals surface area contributed by atoms with Crippen LogP contribution < -0.4 is 0 Å². The zero-order valence-electron chi connectivity index (χ0n) is 31.8. The van der Waals surface area contributed by atoms with E-state index in [9.17, 15) is 0 Å². The zero-order valence-corrected chi connectivity index (χ0v) is 31.8. The number of methoxy groups -OCH3 is 3. The van der Waals surface area contributed by atoms with Crippen LogP contribution in [0.2, 0.25) is 0 Å². The van der Waals surface area contributed by atoms with Gasteiger partial charge in [-0.15, -0.1) is 0 Å². The van der Waals surface area contributed by atoms with Gasteiger partial charge in [0.1, 0.15) is 16.8 Å². The van der Waals surface area contributed by atoms with E-state index in [1.807, 2.05) is 21.3 Å². The molecule has 0 amide bonds. The second-order valence-corrected chi connectivity index (χ2v) is 16.1. The van der Waals surface area contributed by atoms with Crippen LogP contribution in [-0.2, 0) is 31.0 Å². The first-order chi connectivity index (χ1) is 28.1. The van der Waals surface area contributed by atoms with E-state index in [0.29, 0.717) is 0 Å². The van der Waals surface area contributed by atoms with E-state index in [-0.39, 0.29) is 0 Å². The van der Waals surface area contributed by atoms with Crippen molar-refractivity contribution in [3.8, 4) is 0 Å². The average Bonchev–Trinajstić information content (AvgIpc) is 3.86. The summed E-state index contributed by atoms with van der Waals surface area (Å²) in [6.45, 7) is 0. The highest BCUT2D eigenvalue weighted by atomic mass is 16.5. The molecule has 10 aromatic carbocycles. The molecule has 0 aromatic heterocycles. The van der Waals surface area contributed by atoms with E-state index in [1.165, 1.54) is 64.6 Å². The molecular weight excluding hydrogens is 697 g/mol. The molecule has 10 aromatic rings. The number of hydrogen-bond acceptors (Lipinski definition) is 3. The number of rotatable bonds is 6. The Bertz CT molecular complexity index is 2960. The van der Waals surface area contributed by atoms with Crippen molar-refractivity contribution in [3.05, 3.63) is 214 Å². The van der Waals surface area contributed by atoms with Crippen LogP contribution in [0.5, 0.6) is 0 Å². The van der Waals surface area contributed by atoms with Crippen LogP contribution in [0.15, 0.2) is 164 Å². The molecule has 0 unspecified atom stereocenters. The molecule has 0 saturated heterocycles. The van der Waals surface area contributed by atoms with Crippen molar-refractivity contribution in [1.29, 1.82) is 0 Å². The van der Waals surface area contributed by atoms with Crippen molar-refractivity contribution in [1.82, 2.24) is 0 Å². The van der Waals surface area contributed by atoms with E-state index in [0.717, 1.165) is 50.1 Å². The maximum Gasteiger partial charge on any atom is 0.144 e. The first kappa shape index (κ1) is 31.8. The molecule has 3 aliphatic carbocycles. The minimum absolute atomic E-state index is 0.844.